The van der Waals surface area contributed by atoms with E-state index >= 15 is 0 Å². The van der Waals surface area contributed by atoms with Crippen molar-refractivity contribution in [2.75, 3.05) is 5.73 Å². The third-order valence-corrected chi connectivity index (χ3v) is 5.15. The molecule has 2 rings (SSSR count). The summed E-state index contributed by atoms with van der Waals surface area (Å²) in [6.45, 7) is 4.30. The minimum atomic E-state index is -4.13. The fourth-order valence-corrected chi connectivity index (χ4v) is 3.32. The van der Waals surface area contributed by atoms with Gasteiger partial charge < -0.3 is 5.73 Å². The van der Waals surface area contributed by atoms with E-state index in [0.29, 0.717) is 11.8 Å². The molecule has 0 spiro atoms. The maximum atomic E-state index is 11.1. The molecule has 0 bridgehead atoms. The van der Waals surface area contributed by atoms with Crippen LogP contribution in [-0.4, -0.2) is 13.0 Å². The van der Waals surface area contributed by atoms with Gasteiger partial charge in [0.2, 0.25) is 0 Å². The number of benzene rings is 2. The molecule has 0 radical (unpaired) electrons. The van der Waals surface area contributed by atoms with Gasteiger partial charge in [-0.05, 0) is 60.1 Å². The van der Waals surface area contributed by atoms with E-state index in [0.717, 1.165) is 24.1 Å². The molecule has 0 aliphatic carbocycles. The minimum absolute atomic E-state index is 0.0670. The fraction of sp³-hybridized carbons (Fsp3) is 0.333. The Balaban J connectivity index is 2.14. The highest BCUT2D eigenvalue weighted by atomic mass is 32.2. The lowest BCUT2D eigenvalue weighted by Gasteiger charge is -2.21. The van der Waals surface area contributed by atoms with E-state index < -0.39 is 10.1 Å². The maximum absolute atomic E-state index is 11.1. The Kier molecular flexibility index (Phi) is 5.44. The van der Waals surface area contributed by atoms with E-state index in [1.807, 2.05) is 24.3 Å². The van der Waals surface area contributed by atoms with Crippen LogP contribution in [0.15, 0.2) is 53.4 Å². The molecule has 0 saturated carbocycles. The molecule has 0 aliphatic heterocycles. The molecule has 0 saturated heterocycles. The van der Waals surface area contributed by atoms with Gasteiger partial charge in [0.05, 0.1) is 4.90 Å². The molecular weight excluding hydrogens is 310 g/mol. The van der Waals surface area contributed by atoms with E-state index in [1.54, 1.807) is 12.1 Å². The van der Waals surface area contributed by atoms with Crippen LogP contribution >= 0.6 is 0 Å². The smallest absolute Gasteiger partial charge is 0.294 e. The predicted molar refractivity (Wildman–Crippen MR) is 93.2 cm³/mol. The normalized spacial score (nSPS) is 14.4. The number of nitrogens with two attached hydrogens (primary N) is 1. The Bertz CT molecular complexity index is 737. The van der Waals surface area contributed by atoms with E-state index in [9.17, 15) is 8.42 Å². The van der Waals surface area contributed by atoms with Crippen LogP contribution in [0.2, 0.25) is 0 Å². The molecule has 23 heavy (non-hydrogen) atoms. The van der Waals surface area contributed by atoms with Crippen LogP contribution in [-0.2, 0) is 10.1 Å². The first-order valence-corrected chi connectivity index (χ1v) is 9.18. The van der Waals surface area contributed by atoms with Crippen molar-refractivity contribution in [3.8, 4) is 0 Å². The number of hydrogen-bond donors (Lipinski definition) is 2. The number of nitrogen functional groups attached to an aromatic ring is 1. The van der Waals surface area contributed by atoms with E-state index in [1.165, 1.54) is 17.7 Å². The lowest BCUT2D eigenvalue weighted by Crippen LogP contribution is -2.05. The molecular formula is C18H23NO3S. The summed E-state index contributed by atoms with van der Waals surface area (Å²) in [5.74, 6) is 0.708. The molecule has 0 heterocycles. The second-order valence-electron chi connectivity index (χ2n) is 5.95. The average Bonchev–Trinajstić information content (AvgIpc) is 2.52. The van der Waals surface area contributed by atoms with Gasteiger partial charge in [-0.3, -0.25) is 4.55 Å². The maximum Gasteiger partial charge on any atom is 0.294 e. The number of anilines is 1. The molecule has 0 amide bonds. The Labute approximate surface area is 138 Å². The Morgan fingerprint density at radius 1 is 1.00 bits per heavy atom. The van der Waals surface area contributed by atoms with E-state index in [4.69, 9.17) is 10.3 Å². The zero-order valence-electron chi connectivity index (χ0n) is 13.4. The summed E-state index contributed by atoms with van der Waals surface area (Å²) < 4.78 is 31.3. The quantitative estimate of drug-likeness (QED) is 0.613. The number of rotatable bonds is 6. The SMILES string of the molecule is CCC(CC(C)c1ccc(N)cc1)c1ccc(S(=O)(=O)O)cc1. The molecule has 2 atom stereocenters. The van der Waals surface area contributed by atoms with E-state index in [2.05, 4.69) is 13.8 Å². The standard InChI is InChI=1S/C18H23NO3S/c1-3-14(12-13(2)15-4-8-17(19)9-5-15)16-6-10-18(11-7-16)23(20,21)22/h4-11,13-14H,3,12,19H2,1-2H3,(H,20,21,22). The monoisotopic (exact) mass is 333 g/mol. The largest absolute Gasteiger partial charge is 0.399 e. The molecule has 2 unspecified atom stereocenters. The first-order chi connectivity index (χ1) is 10.8. The van der Waals surface area contributed by atoms with E-state index in [-0.39, 0.29) is 4.90 Å². The number of hydrogen-bond acceptors (Lipinski definition) is 3. The summed E-state index contributed by atoms with van der Waals surface area (Å²) in [7, 11) is -4.13. The summed E-state index contributed by atoms with van der Waals surface area (Å²) >= 11 is 0. The van der Waals surface area contributed by atoms with Crippen molar-refractivity contribution >= 4 is 15.8 Å². The van der Waals surface area contributed by atoms with Crippen LogP contribution < -0.4 is 5.73 Å². The van der Waals surface area contributed by atoms with Crippen LogP contribution in [0.3, 0.4) is 0 Å². The fourth-order valence-electron chi connectivity index (χ4n) is 2.84. The van der Waals surface area contributed by atoms with Gasteiger partial charge in [0.1, 0.15) is 0 Å². The summed E-state index contributed by atoms with van der Waals surface area (Å²) in [5, 5.41) is 0. The average molecular weight is 333 g/mol. The zero-order chi connectivity index (χ0) is 17.0. The summed E-state index contributed by atoms with van der Waals surface area (Å²) in [5.41, 5.74) is 8.81. The molecule has 124 valence electrons. The van der Waals surface area contributed by atoms with Gasteiger partial charge in [-0.1, -0.05) is 38.1 Å². The summed E-state index contributed by atoms with van der Waals surface area (Å²) in [6.07, 6.45) is 1.93. The van der Waals surface area contributed by atoms with Crippen molar-refractivity contribution in [1.29, 1.82) is 0 Å². The van der Waals surface area contributed by atoms with Crippen LogP contribution in [0, 0.1) is 0 Å². The second kappa shape index (κ2) is 7.15. The van der Waals surface area contributed by atoms with Crippen LogP contribution in [0.25, 0.3) is 0 Å². The topological polar surface area (TPSA) is 80.4 Å². The third-order valence-electron chi connectivity index (χ3n) is 4.29. The zero-order valence-corrected chi connectivity index (χ0v) is 14.3. The molecule has 0 aliphatic rings. The van der Waals surface area contributed by atoms with Crippen molar-refractivity contribution in [3.63, 3.8) is 0 Å². The van der Waals surface area contributed by atoms with Gasteiger partial charge >= 0.3 is 0 Å². The highest BCUT2D eigenvalue weighted by Crippen LogP contribution is 2.32. The molecule has 0 fully saturated rings. The highest BCUT2D eigenvalue weighted by molar-refractivity contribution is 7.85. The first-order valence-electron chi connectivity index (χ1n) is 7.74. The molecule has 4 nitrogen and oxygen atoms in total. The molecule has 5 heteroatoms. The van der Waals surface area contributed by atoms with Crippen molar-refractivity contribution in [2.24, 2.45) is 0 Å². The van der Waals surface area contributed by atoms with Crippen molar-refractivity contribution in [2.45, 2.75) is 43.4 Å². The van der Waals surface area contributed by atoms with Gasteiger partial charge in [-0.15, -0.1) is 0 Å². The van der Waals surface area contributed by atoms with Gasteiger partial charge in [0.15, 0.2) is 0 Å². The molecule has 0 aromatic heterocycles. The second-order valence-corrected chi connectivity index (χ2v) is 7.37. The Morgan fingerprint density at radius 3 is 2.00 bits per heavy atom. The molecule has 2 aromatic rings. The lowest BCUT2D eigenvalue weighted by atomic mass is 9.84. The lowest BCUT2D eigenvalue weighted by molar-refractivity contribution is 0.483. The van der Waals surface area contributed by atoms with Crippen molar-refractivity contribution in [3.05, 3.63) is 59.7 Å². The van der Waals surface area contributed by atoms with Gasteiger partial charge in [0, 0.05) is 5.69 Å². The van der Waals surface area contributed by atoms with Crippen LogP contribution in [0.5, 0.6) is 0 Å². The molecule has 2 aromatic carbocycles. The van der Waals surface area contributed by atoms with Crippen molar-refractivity contribution < 1.29 is 13.0 Å². The molecule has 3 N–H and O–H groups in total. The Hall–Kier alpha value is -1.85. The summed E-state index contributed by atoms with van der Waals surface area (Å²) in [4.78, 5) is -0.0670. The van der Waals surface area contributed by atoms with Gasteiger partial charge in [-0.2, -0.15) is 8.42 Å². The minimum Gasteiger partial charge on any atom is -0.399 e. The third kappa shape index (κ3) is 4.56. The van der Waals surface area contributed by atoms with Crippen molar-refractivity contribution in [1.82, 2.24) is 0 Å². The Morgan fingerprint density at radius 2 is 1.52 bits per heavy atom. The predicted octanol–water partition coefficient (Wildman–Crippen LogP) is 4.20. The summed E-state index contributed by atoms with van der Waals surface area (Å²) in [6, 6.07) is 14.4. The first kappa shape index (κ1) is 17.5. The highest BCUT2D eigenvalue weighted by Gasteiger charge is 2.16. The van der Waals surface area contributed by atoms with Gasteiger partial charge in [0.25, 0.3) is 10.1 Å². The van der Waals surface area contributed by atoms with Crippen LogP contribution in [0.4, 0.5) is 5.69 Å². The van der Waals surface area contributed by atoms with Crippen LogP contribution in [0.1, 0.15) is 49.7 Å². The van der Waals surface area contributed by atoms with Gasteiger partial charge in [-0.25, -0.2) is 0 Å².